The predicted octanol–water partition coefficient (Wildman–Crippen LogP) is 1.23. The van der Waals surface area contributed by atoms with Gasteiger partial charge in [-0.3, -0.25) is 9.79 Å². The molecule has 2 aliphatic carbocycles. The molecule has 2 fully saturated rings. The highest BCUT2D eigenvalue weighted by Gasteiger charge is 2.38. The number of nitrogens with zero attached hydrogens (tertiary/aromatic N) is 1. The van der Waals surface area contributed by atoms with E-state index < -0.39 is 11.6 Å². The van der Waals surface area contributed by atoms with Crippen LogP contribution in [0.4, 0.5) is 0 Å². The quantitative estimate of drug-likeness (QED) is 0.313. The van der Waals surface area contributed by atoms with Crippen LogP contribution in [-0.4, -0.2) is 47.0 Å². The predicted molar refractivity (Wildman–Crippen MR) is 91.5 cm³/mol. The molecule has 2 rings (SSSR count). The Bertz CT molecular complexity index is 435. The van der Waals surface area contributed by atoms with Gasteiger partial charge in [-0.15, -0.1) is 0 Å². The van der Waals surface area contributed by atoms with E-state index in [0.717, 1.165) is 38.5 Å². The number of carboxylic acid groups (broad SMARTS) is 1. The lowest BCUT2D eigenvalue weighted by Crippen LogP contribution is -2.38. The molecule has 0 spiro atoms. The lowest BCUT2D eigenvalue weighted by molar-refractivity contribution is -0.144. The summed E-state index contributed by atoms with van der Waals surface area (Å²) in [7, 11) is 0. The van der Waals surface area contributed by atoms with E-state index in [4.69, 9.17) is 21.3 Å². The molecule has 0 atom stereocenters. The fourth-order valence-electron chi connectivity index (χ4n) is 4.23. The zero-order valence-electron chi connectivity index (χ0n) is 14.3. The topological polar surface area (TPSA) is 131 Å². The number of hydrogen-bond donors (Lipinski definition) is 4. The number of guanidine groups is 1. The number of rotatable bonds is 7. The number of ether oxygens (including phenoxy) is 1. The number of aliphatic hydroxyl groups is 1. The standard InChI is InChI=1S/C17H31N3O4/c18-16(19)20-9-10-24-14-3-1-12(2-4-14)13-5-7-17(23,8-6-13)11-15(21)22/h12-14,23H,1-11H2,(H,21,22)(H4,18,19,20). The van der Waals surface area contributed by atoms with Crippen LogP contribution in [0, 0.1) is 11.8 Å². The first-order valence-electron chi connectivity index (χ1n) is 8.99. The molecule has 0 bridgehead atoms. The molecule has 0 unspecified atom stereocenters. The van der Waals surface area contributed by atoms with E-state index in [9.17, 15) is 9.90 Å². The van der Waals surface area contributed by atoms with E-state index in [1.54, 1.807) is 0 Å². The van der Waals surface area contributed by atoms with Crippen molar-refractivity contribution in [3.8, 4) is 0 Å². The smallest absolute Gasteiger partial charge is 0.306 e. The fourth-order valence-corrected chi connectivity index (χ4v) is 4.23. The molecule has 138 valence electrons. The molecule has 0 aromatic heterocycles. The van der Waals surface area contributed by atoms with E-state index in [1.165, 1.54) is 0 Å². The third kappa shape index (κ3) is 5.94. The van der Waals surface area contributed by atoms with Crippen LogP contribution in [0.1, 0.15) is 57.8 Å². The van der Waals surface area contributed by atoms with Gasteiger partial charge in [-0.2, -0.15) is 0 Å². The molecule has 0 aromatic carbocycles. The van der Waals surface area contributed by atoms with Gasteiger partial charge in [0.2, 0.25) is 0 Å². The second kappa shape index (κ2) is 8.67. The molecule has 0 amide bonds. The van der Waals surface area contributed by atoms with Crippen LogP contribution in [0.3, 0.4) is 0 Å². The van der Waals surface area contributed by atoms with Crippen LogP contribution in [-0.2, 0) is 9.53 Å². The van der Waals surface area contributed by atoms with Crippen LogP contribution in [0.2, 0.25) is 0 Å². The van der Waals surface area contributed by atoms with Crippen LogP contribution >= 0.6 is 0 Å². The molecule has 0 aliphatic heterocycles. The van der Waals surface area contributed by atoms with Gasteiger partial charge >= 0.3 is 5.97 Å². The van der Waals surface area contributed by atoms with Gasteiger partial charge in [-0.1, -0.05) is 0 Å². The van der Waals surface area contributed by atoms with Crippen molar-refractivity contribution in [1.29, 1.82) is 0 Å². The normalized spacial score (nSPS) is 33.8. The average molecular weight is 341 g/mol. The molecule has 0 saturated heterocycles. The average Bonchev–Trinajstić information content (AvgIpc) is 2.52. The summed E-state index contributed by atoms with van der Waals surface area (Å²) < 4.78 is 5.82. The lowest BCUT2D eigenvalue weighted by Gasteiger charge is -2.40. The van der Waals surface area contributed by atoms with E-state index >= 15 is 0 Å². The third-order valence-corrected chi connectivity index (χ3v) is 5.57. The Labute approximate surface area is 143 Å². The Morgan fingerprint density at radius 1 is 1.08 bits per heavy atom. The first-order valence-corrected chi connectivity index (χ1v) is 8.99. The van der Waals surface area contributed by atoms with Crippen LogP contribution in [0.15, 0.2) is 4.99 Å². The van der Waals surface area contributed by atoms with Crippen LogP contribution in [0.5, 0.6) is 0 Å². The first kappa shape index (κ1) is 19.0. The minimum Gasteiger partial charge on any atom is -0.481 e. The van der Waals surface area contributed by atoms with Crippen LogP contribution < -0.4 is 11.5 Å². The minimum atomic E-state index is -0.992. The van der Waals surface area contributed by atoms with Crippen molar-refractivity contribution < 1.29 is 19.7 Å². The first-order chi connectivity index (χ1) is 11.4. The van der Waals surface area contributed by atoms with Crippen LogP contribution in [0.25, 0.3) is 0 Å². The minimum absolute atomic E-state index is 0.0995. The van der Waals surface area contributed by atoms with Crippen molar-refractivity contribution in [2.24, 2.45) is 28.3 Å². The SMILES string of the molecule is NC(N)=NCCOC1CCC(C2CCC(O)(CC(=O)O)CC2)CC1. The summed E-state index contributed by atoms with van der Waals surface area (Å²) in [4.78, 5) is 14.8. The zero-order chi connectivity index (χ0) is 17.6. The maximum atomic E-state index is 10.8. The summed E-state index contributed by atoms with van der Waals surface area (Å²) in [6.07, 6.45) is 7.67. The van der Waals surface area contributed by atoms with Gasteiger partial charge in [0.1, 0.15) is 0 Å². The number of hydrogen-bond acceptors (Lipinski definition) is 4. The molecule has 0 radical (unpaired) electrons. The highest BCUT2D eigenvalue weighted by molar-refractivity contribution is 5.75. The summed E-state index contributed by atoms with van der Waals surface area (Å²) >= 11 is 0. The maximum Gasteiger partial charge on any atom is 0.306 e. The molecule has 2 aliphatic rings. The molecular weight excluding hydrogens is 310 g/mol. The molecule has 0 heterocycles. The van der Waals surface area contributed by atoms with Crippen molar-refractivity contribution in [3.05, 3.63) is 0 Å². The Balaban J connectivity index is 1.66. The number of aliphatic carboxylic acids is 1. The van der Waals surface area contributed by atoms with E-state index in [2.05, 4.69) is 4.99 Å². The molecule has 0 aromatic rings. The van der Waals surface area contributed by atoms with E-state index in [1.807, 2.05) is 0 Å². The van der Waals surface area contributed by atoms with E-state index in [0.29, 0.717) is 43.9 Å². The van der Waals surface area contributed by atoms with Crippen molar-refractivity contribution in [2.75, 3.05) is 13.2 Å². The Morgan fingerprint density at radius 2 is 1.67 bits per heavy atom. The maximum absolute atomic E-state index is 10.8. The molecule has 7 nitrogen and oxygen atoms in total. The van der Waals surface area contributed by atoms with Gasteiger partial charge < -0.3 is 26.4 Å². The Kier molecular flexibility index (Phi) is 6.86. The largest absolute Gasteiger partial charge is 0.481 e. The number of nitrogens with two attached hydrogens (primary N) is 2. The van der Waals surface area contributed by atoms with Gasteiger partial charge in [0.15, 0.2) is 5.96 Å². The molecule has 7 heteroatoms. The molecular formula is C17H31N3O4. The van der Waals surface area contributed by atoms with Gasteiger partial charge in [-0.25, -0.2) is 0 Å². The summed E-state index contributed by atoms with van der Waals surface area (Å²) in [6.45, 7) is 1.06. The number of carbonyl (C=O) groups is 1. The molecule has 6 N–H and O–H groups in total. The Morgan fingerprint density at radius 3 is 2.21 bits per heavy atom. The summed E-state index contributed by atoms with van der Waals surface area (Å²) in [6, 6.07) is 0. The summed E-state index contributed by atoms with van der Waals surface area (Å²) in [5.74, 6) is 0.482. The van der Waals surface area contributed by atoms with Crippen molar-refractivity contribution in [2.45, 2.75) is 69.5 Å². The second-order valence-electron chi connectivity index (χ2n) is 7.35. The van der Waals surface area contributed by atoms with Gasteiger partial charge in [0.05, 0.1) is 31.3 Å². The molecule has 24 heavy (non-hydrogen) atoms. The lowest BCUT2D eigenvalue weighted by atomic mass is 9.68. The fraction of sp³-hybridized carbons (Fsp3) is 0.882. The zero-order valence-corrected chi connectivity index (χ0v) is 14.3. The highest BCUT2D eigenvalue weighted by atomic mass is 16.5. The summed E-state index contributed by atoms with van der Waals surface area (Å²) in [5.41, 5.74) is 9.57. The van der Waals surface area contributed by atoms with Gasteiger partial charge in [0, 0.05) is 0 Å². The van der Waals surface area contributed by atoms with Crippen molar-refractivity contribution >= 4 is 11.9 Å². The summed E-state index contributed by atoms with van der Waals surface area (Å²) in [5, 5.41) is 19.2. The van der Waals surface area contributed by atoms with E-state index in [-0.39, 0.29) is 12.4 Å². The third-order valence-electron chi connectivity index (χ3n) is 5.57. The molecule has 2 saturated carbocycles. The monoisotopic (exact) mass is 341 g/mol. The second-order valence-corrected chi connectivity index (χ2v) is 7.35. The number of carboxylic acids is 1. The van der Waals surface area contributed by atoms with Gasteiger partial charge in [-0.05, 0) is 63.2 Å². The highest BCUT2D eigenvalue weighted by Crippen LogP contribution is 2.42. The Hall–Kier alpha value is -1.34. The number of aliphatic imine (C=N–C) groups is 1. The van der Waals surface area contributed by atoms with Gasteiger partial charge in [0.25, 0.3) is 0 Å². The van der Waals surface area contributed by atoms with Crippen molar-refractivity contribution in [1.82, 2.24) is 0 Å². The van der Waals surface area contributed by atoms with Crippen molar-refractivity contribution in [3.63, 3.8) is 0 Å².